The van der Waals surface area contributed by atoms with Crippen molar-refractivity contribution in [3.05, 3.63) is 84.4 Å². The molecule has 3 aromatic carbocycles. The van der Waals surface area contributed by atoms with Crippen LogP contribution in [0.25, 0.3) is 22.1 Å². The number of benzene rings is 3. The maximum atomic E-state index is 12.3. The van der Waals surface area contributed by atoms with Crippen LogP contribution in [0.3, 0.4) is 0 Å². The molecule has 0 saturated carbocycles. The summed E-state index contributed by atoms with van der Waals surface area (Å²) in [4.78, 5) is 16.6. The van der Waals surface area contributed by atoms with Crippen molar-refractivity contribution >= 4 is 22.4 Å². The Labute approximate surface area is 170 Å². The Kier molecular flexibility index (Phi) is 5.43. The van der Waals surface area contributed by atoms with Crippen molar-refractivity contribution in [3.63, 3.8) is 0 Å². The lowest BCUT2D eigenvalue weighted by molar-refractivity contribution is -0.116. The number of aryl methyl sites for hydroxylation is 1. The van der Waals surface area contributed by atoms with Crippen molar-refractivity contribution in [2.24, 2.45) is 0 Å². The van der Waals surface area contributed by atoms with Crippen LogP contribution in [-0.2, 0) is 11.2 Å². The fourth-order valence-electron chi connectivity index (χ4n) is 3.30. The summed E-state index contributed by atoms with van der Waals surface area (Å²) in [6.07, 6.45) is 2.50. The number of fused-ring (bicyclic) bond motifs is 1. The normalized spacial score (nSPS) is 11.1. The smallest absolute Gasteiger partial charge is 0.224 e. The summed E-state index contributed by atoms with van der Waals surface area (Å²) in [6, 6.07) is 22.3. The van der Waals surface area contributed by atoms with Crippen molar-refractivity contribution in [1.82, 2.24) is 4.98 Å². The molecule has 4 nitrogen and oxygen atoms in total. The third-order valence-corrected chi connectivity index (χ3v) is 5.01. The van der Waals surface area contributed by atoms with Crippen LogP contribution in [0, 0.1) is 0 Å². The highest BCUT2D eigenvalue weighted by molar-refractivity contribution is 5.94. The number of hydrogen-bond acceptors (Lipinski definition) is 3. The second kappa shape index (κ2) is 8.31. The van der Waals surface area contributed by atoms with Gasteiger partial charge in [-0.05, 0) is 34.4 Å². The van der Waals surface area contributed by atoms with E-state index >= 15 is 0 Å². The standard InChI is InChI=1S/C25H24N2O2/c1-17(2)18-7-9-20(10-8-18)23-16-26-25(29-23)14-13-24(28)27-22-12-11-19-5-3-4-6-21(19)15-22/h3-12,15-17H,13-14H2,1-2H3,(H,27,28). The second-order valence-corrected chi connectivity index (χ2v) is 7.51. The Bertz CT molecular complexity index is 1130. The first-order chi connectivity index (χ1) is 14.1. The fourth-order valence-corrected chi connectivity index (χ4v) is 3.30. The molecule has 1 N–H and O–H groups in total. The molecular formula is C25H24N2O2. The number of aromatic nitrogens is 1. The lowest BCUT2D eigenvalue weighted by atomic mass is 10.0. The first-order valence-electron chi connectivity index (χ1n) is 9.92. The maximum Gasteiger partial charge on any atom is 0.224 e. The molecule has 29 heavy (non-hydrogen) atoms. The van der Waals surface area contributed by atoms with Crippen molar-refractivity contribution in [2.75, 3.05) is 5.32 Å². The lowest BCUT2D eigenvalue weighted by Crippen LogP contribution is -2.12. The summed E-state index contributed by atoms with van der Waals surface area (Å²) in [5, 5.41) is 5.21. The van der Waals surface area contributed by atoms with Crippen LogP contribution in [0.2, 0.25) is 0 Å². The number of hydrogen-bond donors (Lipinski definition) is 1. The summed E-state index contributed by atoms with van der Waals surface area (Å²) in [6.45, 7) is 4.34. The molecule has 146 valence electrons. The van der Waals surface area contributed by atoms with Crippen LogP contribution in [0.15, 0.2) is 77.3 Å². The van der Waals surface area contributed by atoms with Crippen LogP contribution in [0.1, 0.15) is 37.6 Å². The zero-order chi connectivity index (χ0) is 20.2. The van der Waals surface area contributed by atoms with E-state index < -0.39 is 0 Å². The Morgan fingerprint density at radius 1 is 1.00 bits per heavy atom. The molecule has 4 heteroatoms. The third-order valence-electron chi connectivity index (χ3n) is 5.01. The highest BCUT2D eigenvalue weighted by atomic mass is 16.4. The van der Waals surface area contributed by atoms with Gasteiger partial charge in [-0.1, -0.05) is 68.4 Å². The van der Waals surface area contributed by atoms with E-state index in [0.717, 1.165) is 27.8 Å². The van der Waals surface area contributed by atoms with E-state index in [2.05, 4.69) is 42.3 Å². The molecule has 0 atom stereocenters. The summed E-state index contributed by atoms with van der Waals surface area (Å²) in [5.74, 6) is 1.74. The van der Waals surface area contributed by atoms with Gasteiger partial charge in [-0.3, -0.25) is 4.79 Å². The Balaban J connectivity index is 1.35. The molecule has 1 aromatic heterocycles. The lowest BCUT2D eigenvalue weighted by Gasteiger charge is -2.06. The summed E-state index contributed by atoms with van der Waals surface area (Å²) < 4.78 is 5.84. The monoisotopic (exact) mass is 384 g/mol. The molecule has 0 fully saturated rings. The van der Waals surface area contributed by atoms with Gasteiger partial charge in [0.1, 0.15) is 0 Å². The highest BCUT2D eigenvalue weighted by Crippen LogP contribution is 2.24. The number of rotatable bonds is 6. The van der Waals surface area contributed by atoms with Crippen LogP contribution >= 0.6 is 0 Å². The van der Waals surface area contributed by atoms with Gasteiger partial charge in [0.05, 0.1) is 6.20 Å². The molecule has 0 saturated heterocycles. The van der Waals surface area contributed by atoms with Gasteiger partial charge in [0.15, 0.2) is 11.7 Å². The van der Waals surface area contributed by atoms with Crippen LogP contribution in [0.4, 0.5) is 5.69 Å². The average Bonchev–Trinajstić information content (AvgIpc) is 3.21. The molecule has 4 rings (SSSR count). The number of nitrogens with one attached hydrogen (secondary N) is 1. The van der Waals surface area contributed by atoms with Crippen LogP contribution in [0.5, 0.6) is 0 Å². The molecule has 0 aliphatic rings. The quantitative estimate of drug-likeness (QED) is 0.431. The number of amides is 1. The SMILES string of the molecule is CC(C)c1ccc(-c2cnc(CCC(=O)Nc3ccc4ccccc4c3)o2)cc1. The number of nitrogens with zero attached hydrogens (tertiary/aromatic N) is 1. The van der Waals surface area contributed by atoms with Gasteiger partial charge in [-0.25, -0.2) is 4.98 Å². The maximum absolute atomic E-state index is 12.3. The van der Waals surface area contributed by atoms with Crippen LogP contribution in [-0.4, -0.2) is 10.9 Å². The molecule has 0 spiro atoms. The van der Waals surface area contributed by atoms with E-state index in [-0.39, 0.29) is 5.91 Å². The topological polar surface area (TPSA) is 55.1 Å². The Hall–Kier alpha value is -3.40. The first kappa shape index (κ1) is 18.9. The van der Waals surface area contributed by atoms with Crippen molar-refractivity contribution in [2.45, 2.75) is 32.6 Å². The summed E-state index contributed by atoms with van der Waals surface area (Å²) in [5.41, 5.74) is 3.08. The number of carbonyl (C=O) groups is 1. The minimum absolute atomic E-state index is 0.0543. The van der Waals surface area contributed by atoms with E-state index in [1.165, 1.54) is 5.56 Å². The average molecular weight is 384 g/mol. The van der Waals surface area contributed by atoms with Crippen molar-refractivity contribution < 1.29 is 9.21 Å². The zero-order valence-electron chi connectivity index (χ0n) is 16.7. The molecule has 0 radical (unpaired) electrons. The molecule has 0 aliphatic carbocycles. The molecule has 0 bridgehead atoms. The second-order valence-electron chi connectivity index (χ2n) is 7.51. The predicted molar refractivity (Wildman–Crippen MR) is 117 cm³/mol. The van der Waals surface area contributed by atoms with E-state index in [9.17, 15) is 4.79 Å². The van der Waals surface area contributed by atoms with Gasteiger partial charge in [0.25, 0.3) is 0 Å². The van der Waals surface area contributed by atoms with E-state index in [1.54, 1.807) is 6.20 Å². The molecular weight excluding hydrogens is 360 g/mol. The molecule has 1 amide bonds. The number of oxazole rings is 1. The molecule has 1 heterocycles. The number of anilines is 1. The van der Waals surface area contributed by atoms with Gasteiger partial charge in [-0.15, -0.1) is 0 Å². The van der Waals surface area contributed by atoms with Gasteiger partial charge in [0, 0.05) is 24.1 Å². The van der Waals surface area contributed by atoms with Crippen molar-refractivity contribution in [1.29, 1.82) is 0 Å². The highest BCUT2D eigenvalue weighted by Gasteiger charge is 2.10. The third kappa shape index (κ3) is 4.54. The van der Waals surface area contributed by atoms with Crippen LogP contribution < -0.4 is 5.32 Å². The first-order valence-corrected chi connectivity index (χ1v) is 9.92. The Morgan fingerprint density at radius 2 is 1.76 bits per heavy atom. The van der Waals surface area contributed by atoms with E-state index in [1.807, 2.05) is 48.5 Å². The number of carbonyl (C=O) groups excluding carboxylic acids is 1. The fraction of sp³-hybridized carbons (Fsp3) is 0.200. The molecule has 4 aromatic rings. The Morgan fingerprint density at radius 3 is 2.52 bits per heavy atom. The minimum atomic E-state index is -0.0543. The summed E-state index contributed by atoms with van der Waals surface area (Å²) in [7, 11) is 0. The minimum Gasteiger partial charge on any atom is -0.441 e. The molecule has 0 aliphatic heterocycles. The van der Waals surface area contributed by atoms with Gasteiger partial charge in [0.2, 0.25) is 5.91 Å². The predicted octanol–water partition coefficient (Wildman–Crippen LogP) is 6.19. The zero-order valence-corrected chi connectivity index (χ0v) is 16.7. The van der Waals surface area contributed by atoms with E-state index in [4.69, 9.17) is 4.42 Å². The summed E-state index contributed by atoms with van der Waals surface area (Å²) >= 11 is 0. The largest absolute Gasteiger partial charge is 0.441 e. The van der Waals surface area contributed by atoms with E-state index in [0.29, 0.717) is 24.7 Å². The van der Waals surface area contributed by atoms with Crippen molar-refractivity contribution in [3.8, 4) is 11.3 Å². The van der Waals surface area contributed by atoms with Gasteiger partial charge >= 0.3 is 0 Å². The molecule has 0 unspecified atom stereocenters. The van der Waals surface area contributed by atoms with Gasteiger partial charge in [-0.2, -0.15) is 0 Å². The van der Waals surface area contributed by atoms with Gasteiger partial charge < -0.3 is 9.73 Å².